The predicted molar refractivity (Wildman–Crippen MR) is 76.1 cm³/mol. The van der Waals surface area contributed by atoms with Crippen molar-refractivity contribution in [2.24, 2.45) is 0 Å². The summed E-state index contributed by atoms with van der Waals surface area (Å²) in [5, 5.41) is 20.2. The van der Waals surface area contributed by atoms with Crippen molar-refractivity contribution in [1.29, 1.82) is 0 Å². The summed E-state index contributed by atoms with van der Waals surface area (Å²) in [7, 11) is 0. The van der Waals surface area contributed by atoms with Gasteiger partial charge in [-0.3, -0.25) is 0 Å². The molecule has 128 valence electrons. The highest BCUT2D eigenvalue weighted by Gasteiger charge is 1.93. The van der Waals surface area contributed by atoms with Gasteiger partial charge in [0.2, 0.25) is 0 Å². The number of ether oxygens (including phenoxy) is 4. The van der Waals surface area contributed by atoms with E-state index in [-0.39, 0.29) is 26.4 Å². The molecule has 21 heavy (non-hydrogen) atoms. The minimum atomic E-state index is -0.184. The summed E-state index contributed by atoms with van der Waals surface area (Å²) in [5.41, 5.74) is 0. The predicted octanol–water partition coefficient (Wildman–Crippen LogP) is -0.276. The third kappa shape index (κ3) is 19.8. The van der Waals surface area contributed by atoms with Crippen molar-refractivity contribution in [2.75, 3.05) is 66.1 Å². The summed E-state index contributed by atoms with van der Waals surface area (Å²) in [6, 6.07) is 0. The summed E-state index contributed by atoms with van der Waals surface area (Å²) in [4.78, 5) is 0. The van der Waals surface area contributed by atoms with Gasteiger partial charge in [0.1, 0.15) is 0 Å². The second-order valence-electron chi connectivity index (χ2n) is 4.63. The SMILES string of the molecule is [O-]CCOCCOCCCCCCCOCCOCC[O-]. The van der Waals surface area contributed by atoms with Gasteiger partial charge in [0.15, 0.2) is 0 Å². The van der Waals surface area contributed by atoms with Crippen LogP contribution in [0.5, 0.6) is 0 Å². The summed E-state index contributed by atoms with van der Waals surface area (Å²) in [6.07, 6.45) is 5.63. The van der Waals surface area contributed by atoms with Gasteiger partial charge in [-0.15, -0.1) is 13.2 Å². The van der Waals surface area contributed by atoms with Crippen molar-refractivity contribution >= 4 is 0 Å². The fourth-order valence-corrected chi connectivity index (χ4v) is 1.70. The normalized spacial score (nSPS) is 11.1. The maximum atomic E-state index is 10.1. The van der Waals surface area contributed by atoms with Gasteiger partial charge in [0.25, 0.3) is 0 Å². The largest absolute Gasteiger partial charge is 0.853 e. The van der Waals surface area contributed by atoms with Crippen LogP contribution in [0.1, 0.15) is 32.1 Å². The summed E-state index contributed by atoms with van der Waals surface area (Å²) in [6.45, 7) is 3.86. The Hall–Kier alpha value is -0.240. The van der Waals surface area contributed by atoms with Crippen LogP contribution in [0.4, 0.5) is 0 Å². The molecule has 0 aliphatic carbocycles. The van der Waals surface area contributed by atoms with Crippen LogP contribution >= 0.6 is 0 Å². The van der Waals surface area contributed by atoms with Crippen molar-refractivity contribution in [1.82, 2.24) is 0 Å². The van der Waals surface area contributed by atoms with E-state index in [2.05, 4.69) is 0 Å². The highest BCUT2D eigenvalue weighted by atomic mass is 16.5. The number of hydrogen-bond acceptors (Lipinski definition) is 6. The number of rotatable bonds is 18. The van der Waals surface area contributed by atoms with Gasteiger partial charge >= 0.3 is 0 Å². The lowest BCUT2D eigenvalue weighted by Gasteiger charge is -2.07. The van der Waals surface area contributed by atoms with Crippen LogP contribution in [0, 0.1) is 0 Å². The highest BCUT2D eigenvalue weighted by Crippen LogP contribution is 2.03. The lowest BCUT2D eigenvalue weighted by molar-refractivity contribution is -0.374. The molecule has 0 aromatic carbocycles. The van der Waals surface area contributed by atoms with Crippen LogP contribution in [0.25, 0.3) is 0 Å². The molecule has 6 heteroatoms. The van der Waals surface area contributed by atoms with Gasteiger partial charge in [0, 0.05) is 26.4 Å². The monoisotopic (exact) mass is 306 g/mol. The molecule has 0 saturated carbocycles. The second kappa shape index (κ2) is 19.8. The molecule has 0 fully saturated rings. The molecule has 0 aliphatic rings. The average Bonchev–Trinajstić information content (AvgIpc) is 2.50. The van der Waals surface area contributed by atoms with Gasteiger partial charge in [-0.25, -0.2) is 0 Å². The maximum Gasteiger partial charge on any atom is 0.0700 e. The van der Waals surface area contributed by atoms with Crippen molar-refractivity contribution in [3.63, 3.8) is 0 Å². The smallest absolute Gasteiger partial charge is 0.0700 e. The average molecular weight is 306 g/mol. The van der Waals surface area contributed by atoms with E-state index >= 15 is 0 Å². The molecule has 0 aromatic heterocycles. The summed E-state index contributed by atoms with van der Waals surface area (Å²) >= 11 is 0. The van der Waals surface area contributed by atoms with E-state index in [1.807, 2.05) is 0 Å². The quantitative estimate of drug-likeness (QED) is 0.324. The third-order valence-electron chi connectivity index (χ3n) is 2.78. The maximum absolute atomic E-state index is 10.1. The summed E-state index contributed by atoms with van der Waals surface area (Å²) in [5.74, 6) is 0. The molecule has 0 amide bonds. The molecular formula is C15H30O6-2. The Labute approximate surface area is 128 Å². The highest BCUT2D eigenvalue weighted by molar-refractivity contribution is 4.44. The van der Waals surface area contributed by atoms with Crippen LogP contribution in [0.2, 0.25) is 0 Å². The Balaban J connectivity index is 2.90. The van der Waals surface area contributed by atoms with Crippen LogP contribution < -0.4 is 10.2 Å². The second-order valence-corrected chi connectivity index (χ2v) is 4.63. The zero-order valence-corrected chi connectivity index (χ0v) is 13.1. The molecule has 0 N–H and O–H groups in total. The Morgan fingerprint density at radius 1 is 0.381 bits per heavy atom. The van der Waals surface area contributed by atoms with Crippen LogP contribution in [0.15, 0.2) is 0 Å². The fourth-order valence-electron chi connectivity index (χ4n) is 1.70. The van der Waals surface area contributed by atoms with E-state index in [0.29, 0.717) is 26.4 Å². The van der Waals surface area contributed by atoms with E-state index < -0.39 is 0 Å². The Kier molecular flexibility index (Phi) is 19.5. The van der Waals surface area contributed by atoms with Crippen LogP contribution in [-0.2, 0) is 18.9 Å². The van der Waals surface area contributed by atoms with E-state index in [1.54, 1.807) is 0 Å². The number of unbranched alkanes of at least 4 members (excludes halogenated alkanes) is 4. The van der Waals surface area contributed by atoms with Crippen LogP contribution in [-0.4, -0.2) is 66.1 Å². The van der Waals surface area contributed by atoms with Gasteiger partial charge in [-0.05, 0) is 12.8 Å². The first-order valence-electron chi connectivity index (χ1n) is 7.89. The Morgan fingerprint density at radius 3 is 1.10 bits per heavy atom. The molecule has 6 nitrogen and oxygen atoms in total. The first-order valence-corrected chi connectivity index (χ1v) is 7.89. The minimum absolute atomic E-state index is 0.184. The minimum Gasteiger partial charge on any atom is -0.853 e. The van der Waals surface area contributed by atoms with Gasteiger partial charge in [0.05, 0.1) is 26.4 Å². The van der Waals surface area contributed by atoms with Gasteiger partial charge < -0.3 is 29.2 Å². The molecule has 0 heterocycles. The zero-order valence-electron chi connectivity index (χ0n) is 13.1. The topological polar surface area (TPSA) is 83.0 Å². The molecule has 0 aromatic rings. The Morgan fingerprint density at radius 2 is 0.714 bits per heavy atom. The van der Waals surface area contributed by atoms with Gasteiger partial charge in [-0.1, -0.05) is 19.3 Å². The molecule has 0 aliphatic heterocycles. The summed E-state index contributed by atoms with van der Waals surface area (Å²) < 4.78 is 20.8. The molecule has 0 rings (SSSR count). The molecule has 0 radical (unpaired) electrons. The fraction of sp³-hybridized carbons (Fsp3) is 1.00. The standard InChI is InChI=1S/C15H30O6/c16-6-10-20-14-12-18-8-4-2-1-3-5-9-19-13-15-21-11-7-17/h1-15H2/q-2. The number of hydrogen-bond donors (Lipinski definition) is 0. The third-order valence-corrected chi connectivity index (χ3v) is 2.78. The zero-order chi connectivity index (χ0) is 15.4. The lowest BCUT2D eigenvalue weighted by Crippen LogP contribution is -2.15. The van der Waals surface area contributed by atoms with Crippen LogP contribution in [0.3, 0.4) is 0 Å². The van der Waals surface area contributed by atoms with E-state index in [0.717, 1.165) is 38.9 Å². The Bertz CT molecular complexity index is 162. The van der Waals surface area contributed by atoms with E-state index in [1.165, 1.54) is 6.42 Å². The first-order chi connectivity index (χ1) is 10.4. The van der Waals surface area contributed by atoms with Gasteiger partial charge in [-0.2, -0.15) is 0 Å². The molecular weight excluding hydrogens is 276 g/mol. The molecule has 0 unspecified atom stereocenters. The van der Waals surface area contributed by atoms with Crippen molar-refractivity contribution < 1.29 is 29.2 Å². The van der Waals surface area contributed by atoms with Crippen molar-refractivity contribution in [3.8, 4) is 0 Å². The van der Waals surface area contributed by atoms with E-state index in [9.17, 15) is 10.2 Å². The lowest BCUT2D eigenvalue weighted by atomic mass is 10.1. The molecule has 0 saturated heterocycles. The van der Waals surface area contributed by atoms with Crippen molar-refractivity contribution in [3.05, 3.63) is 0 Å². The van der Waals surface area contributed by atoms with E-state index in [4.69, 9.17) is 18.9 Å². The van der Waals surface area contributed by atoms with Crippen molar-refractivity contribution in [2.45, 2.75) is 32.1 Å². The molecule has 0 spiro atoms. The molecule has 0 atom stereocenters. The molecule has 0 bridgehead atoms. The first kappa shape index (κ1) is 20.8.